The molecule has 6 heteroatoms. The summed E-state index contributed by atoms with van der Waals surface area (Å²) in [6, 6.07) is 0. The van der Waals surface area contributed by atoms with E-state index in [9.17, 15) is 9.59 Å². The lowest BCUT2D eigenvalue weighted by Gasteiger charge is -2.07. The fourth-order valence-corrected chi connectivity index (χ4v) is 0.666. The average molecular weight is 189 g/mol. The fourth-order valence-electron chi connectivity index (χ4n) is 0.666. The number of nitrogens with one attached hydrogen (secondary N) is 2. The van der Waals surface area contributed by atoms with Crippen molar-refractivity contribution in [1.29, 1.82) is 0 Å². The Balaban J connectivity index is 3.26. The van der Waals surface area contributed by atoms with E-state index in [4.69, 9.17) is 10.8 Å². The standard InChI is InChI=1S/C7H15N3O3/c1-5(11)10-3-2-9-4-6(12)7(8)13/h6,9,12H,2-4H2,1H3,(H2,8,13)(H,10,11). The molecule has 0 fully saturated rings. The number of primary amides is 1. The molecule has 1 atom stereocenters. The Morgan fingerprint density at radius 3 is 2.54 bits per heavy atom. The monoisotopic (exact) mass is 189 g/mol. The van der Waals surface area contributed by atoms with Gasteiger partial charge in [0.2, 0.25) is 11.8 Å². The number of rotatable bonds is 6. The van der Waals surface area contributed by atoms with Gasteiger partial charge in [0.05, 0.1) is 0 Å². The number of carbonyl (C=O) groups excluding carboxylic acids is 2. The van der Waals surface area contributed by atoms with Crippen LogP contribution in [0.5, 0.6) is 0 Å². The third kappa shape index (κ3) is 7.23. The second-order valence-corrected chi connectivity index (χ2v) is 2.61. The van der Waals surface area contributed by atoms with Crippen LogP contribution in [0.3, 0.4) is 0 Å². The highest BCUT2D eigenvalue weighted by Gasteiger charge is 2.08. The average Bonchev–Trinajstić information content (AvgIpc) is 2.02. The van der Waals surface area contributed by atoms with Gasteiger partial charge in [-0.15, -0.1) is 0 Å². The molecule has 0 aromatic heterocycles. The van der Waals surface area contributed by atoms with E-state index in [-0.39, 0.29) is 12.5 Å². The molecule has 0 saturated heterocycles. The minimum Gasteiger partial charge on any atom is -0.382 e. The molecule has 6 nitrogen and oxygen atoms in total. The van der Waals surface area contributed by atoms with Gasteiger partial charge in [-0.3, -0.25) is 9.59 Å². The van der Waals surface area contributed by atoms with Gasteiger partial charge in [0.25, 0.3) is 0 Å². The molecule has 0 aromatic rings. The Labute approximate surface area is 76.5 Å². The lowest BCUT2D eigenvalue weighted by molar-refractivity contribution is -0.125. The summed E-state index contributed by atoms with van der Waals surface area (Å²) in [5.41, 5.74) is 4.80. The summed E-state index contributed by atoms with van der Waals surface area (Å²) in [6.45, 7) is 2.47. The van der Waals surface area contributed by atoms with Crippen molar-refractivity contribution in [2.75, 3.05) is 19.6 Å². The van der Waals surface area contributed by atoms with E-state index in [1.807, 2.05) is 0 Å². The number of carbonyl (C=O) groups is 2. The van der Waals surface area contributed by atoms with Gasteiger partial charge >= 0.3 is 0 Å². The van der Waals surface area contributed by atoms with Crippen molar-refractivity contribution >= 4 is 11.8 Å². The smallest absolute Gasteiger partial charge is 0.247 e. The van der Waals surface area contributed by atoms with Gasteiger partial charge in [0.1, 0.15) is 6.10 Å². The molecule has 5 N–H and O–H groups in total. The van der Waals surface area contributed by atoms with Crippen LogP contribution < -0.4 is 16.4 Å². The maximum Gasteiger partial charge on any atom is 0.247 e. The molecule has 0 spiro atoms. The van der Waals surface area contributed by atoms with Crippen LogP contribution in [-0.4, -0.2) is 42.7 Å². The molecular weight excluding hydrogens is 174 g/mol. The third-order valence-electron chi connectivity index (χ3n) is 1.34. The first-order valence-corrected chi connectivity index (χ1v) is 3.96. The van der Waals surface area contributed by atoms with Crippen molar-refractivity contribution in [3.05, 3.63) is 0 Å². The van der Waals surface area contributed by atoms with E-state index >= 15 is 0 Å². The molecular formula is C7H15N3O3. The van der Waals surface area contributed by atoms with Crippen LogP contribution in [0.2, 0.25) is 0 Å². The first kappa shape index (κ1) is 11.9. The van der Waals surface area contributed by atoms with Crippen LogP contribution in [0, 0.1) is 0 Å². The van der Waals surface area contributed by atoms with Crippen molar-refractivity contribution in [1.82, 2.24) is 10.6 Å². The topological polar surface area (TPSA) is 104 Å². The molecule has 2 amide bonds. The number of nitrogens with two attached hydrogens (primary N) is 1. The van der Waals surface area contributed by atoms with E-state index in [0.717, 1.165) is 0 Å². The highest BCUT2D eigenvalue weighted by Crippen LogP contribution is 1.75. The highest BCUT2D eigenvalue weighted by molar-refractivity contribution is 5.78. The second-order valence-electron chi connectivity index (χ2n) is 2.61. The van der Waals surface area contributed by atoms with Crippen LogP contribution in [0.25, 0.3) is 0 Å². The summed E-state index contributed by atoms with van der Waals surface area (Å²) >= 11 is 0. The first-order chi connectivity index (χ1) is 6.04. The predicted octanol–water partition coefficient (Wildman–Crippen LogP) is -2.44. The summed E-state index contributed by atoms with van der Waals surface area (Å²) in [7, 11) is 0. The van der Waals surface area contributed by atoms with Gasteiger partial charge in [0, 0.05) is 26.6 Å². The van der Waals surface area contributed by atoms with E-state index < -0.39 is 12.0 Å². The van der Waals surface area contributed by atoms with Crippen LogP contribution in [0.1, 0.15) is 6.92 Å². The zero-order valence-corrected chi connectivity index (χ0v) is 7.54. The molecule has 0 aliphatic carbocycles. The zero-order valence-electron chi connectivity index (χ0n) is 7.54. The van der Waals surface area contributed by atoms with Crippen LogP contribution in [0.4, 0.5) is 0 Å². The predicted molar refractivity (Wildman–Crippen MR) is 46.8 cm³/mol. The maximum absolute atomic E-state index is 10.4. The molecule has 0 rings (SSSR count). The van der Waals surface area contributed by atoms with Gasteiger partial charge in [-0.1, -0.05) is 0 Å². The lowest BCUT2D eigenvalue weighted by Crippen LogP contribution is -2.40. The summed E-state index contributed by atoms with van der Waals surface area (Å²) in [6.07, 6.45) is -1.17. The molecule has 0 aliphatic heterocycles. The Kier molecular flexibility index (Phi) is 5.82. The Morgan fingerprint density at radius 2 is 2.08 bits per heavy atom. The minimum atomic E-state index is -1.17. The number of hydrogen-bond donors (Lipinski definition) is 4. The molecule has 0 saturated carbocycles. The molecule has 1 unspecified atom stereocenters. The first-order valence-electron chi connectivity index (χ1n) is 3.96. The number of amides is 2. The van der Waals surface area contributed by atoms with Crippen molar-refractivity contribution in [3.63, 3.8) is 0 Å². The van der Waals surface area contributed by atoms with Gasteiger partial charge in [-0.25, -0.2) is 0 Å². The number of aliphatic hydroxyl groups excluding tert-OH is 1. The molecule has 0 heterocycles. The van der Waals surface area contributed by atoms with E-state index in [1.54, 1.807) is 0 Å². The van der Waals surface area contributed by atoms with Crippen molar-refractivity contribution < 1.29 is 14.7 Å². The van der Waals surface area contributed by atoms with E-state index in [1.165, 1.54) is 6.92 Å². The molecule has 76 valence electrons. The molecule has 0 radical (unpaired) electrons. The van der Waals surface area contributed by atoms with Gasteiger partial charge in [-0.2, -0.15) is 0 Å². The highest BCUT2D eigenvalue weighted by atomic mass is 16.3. The Morgan fingerprint density at radius 1 is 1.46 bits per heavy atom. The van der Waals surface area contributed by atoms with Crippen LogP contribution in [-0.2, 0) is 9.59 Å². The lowest BCUT2D eigenvalue weighted by atomic mass is 10.3. The third-order valence-corrected chi connectivity index (χ3v) is 1.34. The fraction of sp³-hybridized carbons (Fsp3) is 0.714. The van der Waals surface area contributed by atoms with E-state index in [0.29, 0.717) is 13.1 Å². The van der Waals surface area contributed by atoms with Crippen molar-refractivity contribution in [3.8, 4) is 0 Å². The normalized spacial score (nSPS) is 12.2. The Bertz CT molecular complexity index is 184. The SMILES string of the molecule is CC(=O)NCCNCC(O)C(N)=O. The van der Waals surface area contributed by atoms with Crippen molar-refractivity contribution in [2.45, 2.75) is 13.0 Å². The summed E-state index contributed by atoms with van der Waals surface area (Å²) in [5.74, 6) is -0.871. The Hall–Kier alpha value is -1.14. The largest absolute Gasteiger partial charge is 0.382 e. The number of hydrogen-bond acceptors (Lipinski definition) is 4. The zero-order chi connectivity index (χ0) is 10.3. The minimum absolute atomic E-state index is 0.106. The van der Waals surface area contributed by atoms with Gasteiger partial charge in [0.15, 0.2) is 0 Å². The molecule has 0 bridgehead atoms. The quantitative estimate of drug-likeness (QED) is 0.348. The number of aliphatic hydroxyl groups is 1. The summed E-state index contributed by atoms with van der Waals surface area (Å²) in [5, 5.41) is 14.2. The van der Waals surface area contributed by atoms with Gasteiger partial charge < -0.3 is 21.5 Å². The molecule has 13 heavy (non-hydrogen) atoms. The van der Waals surface area contributed by atoms with Crippen LogP contribution >= 0.6 is 0 Å². The maximum atomic E-state index is 10.4. The molecule has 0 aromatic carbocycles. The summed E-state index contributed by atoms with van der Waals surface area (Å²) in [4.78, 5) is 20.7. The van der Waals surface area contributed by atoms with Crippen molar-refractivity contribution in [2.24, 2.45) is 5.73 Å². The second kappa shape index (κ2) is 6.38. The summed E-state index contributed by atoms with van der Waals surface area (Å²) < 4.78 is 0. The van der Waals surface area contributed by atoms with E-state index in [2.05, 4.69) is 10.6 Å². The van der Waals surface area contributed by atoms with Crippen LogP contribution in [0.15, 0.2) is 0 Å². The van der Waals surface area contributed by atoms with Gasteiger partial charge in [-0.05, 0) is 0 Å². The molecule has 0 aliphatic rings.